The zero-order valence-corrected chi connectivity index (χ0v) is 14.0. The highest BCUT2D eigenvalue weighted by Gasteiger charge is 2.35. The minimum absolute atomic E-state index is 0.000709. The van der Waals surface area contributed by atoms with Crippen molar-refractivity contribution in [2.75, 3.05) is 11.9 Å². The summed E-state index contributed by atoms with van der Waals surface area (Å²) in [7, 11) is 0. The van der Waals surface area contributed by atoms with Crippen LogP contribution in [0.15, 0.2) is 35.4 Å². The number of nitro groups is 1. The van der Waals surface area contributed by atoms with Gasteiger partial charge in [-0.3, -0.25) is 14.9 Å². The molecule has 2 rings (SSSR count). The number of nitrogens with one attached hydrogen (secondary N) is 1. The highest BCUT2D eigenvalue weighted by molar-refractivity contribution is 5.97. The number of anilines is 1. The van der Waals surface area contributed by atoms with Gasteiger partial charge in [0.05, 0.1) is 4.92 Å². The quantitative estimate of drug-likeness (QED) is 0.643. The van der Waals surface area contributed by atoms with Crippen LogP contribution in [0.4, 0.5) is 11.4 Å². The first-order valence-corrected chi connectivity index (χ1v) is 7.81. The number of hydrogen-bond donors (Lipinski definition) is 1. The highest BCUT2D eigenvalue weighted by atomic mass is 16.6. The predicted octanol–water partition coefficient (Wildman–Crippen LogP) is 3.56. The highest BCUT2D eigenvalue weighted by Crippen LogP contribution is 2.31. The van der Waals surface area contributed by atoms with Gasteiger partial charge in [0.1, 0.15) is 11.9 Å². The Morgan fingerprint density at radius 3 is 2.57 bits per heavy atom. The van der Waals surface area contributed by atoms with E-state index in [0.717, 1.165) is 12.0 Å². The van der Waals surface area contributed by atoms with Crippen molar-refractivity contribution in [2.24, 2.45) is 5.92 Å². The van der Waals surface area contributed by atoms with Gasteiger partial charge in [-0.2, -0.15) is 0 Å². The molecule has 23 heavy (non-hydrogen) atoms. The number of benzene rings is 1. The smallest absolute Gasteiger partial charge is 0.292 e. The third-order valence-electron chi connectivity index (χ3n) is 4.24. The maximum atomic E-state index is 12.4. The molecular formula is C17H23N3O3. The molecule has 1 N–H and O–H groups in total. The van der Waals surface area contributed by atoms with Crippen LogP contribution in [-0.4, -0.2) is 28.4 Å². The number of nitro benzene ring substituents is 1. The van der Waals surface area contributed by atoms with Crippen LogP contribution in [0.5, 0.6) is 0 Å². The van der Waals surface area contributed by atoms with Crippen molar-refractivity contribution < 1.29 is 9.72 Å². The van der Waals surface area contributed by atoms with Crippen molar-refractivity contribution in [1.29, 1.82) is 0 Å². The van der Waals surface area contributed by atoms with Crippen molar-refractivity contribution in [3.63, 3.8) is 0 Å². The number of rotatable bonds is 6. The third kappa shape index (κ3) is 3.52. The Hall–Kier alpha value is -2.37. The van der Waals surface area contributed by atoms with Gasteiger partial charge < -0.3 is 10.2 Å². The molecule has 6 nitrogen and oxygen atoms in total. The molecule has 124 valence electrons. The first kappa shape index (κ1) is 17.0. The molecule has 0 bridgehead atoms. The summed E-state index contributed by atoms with van der Waals surface area (Å²) in [5.74, 6) is 0.481. The summed E-state index contributed by atoms with van der Waals surface area (Å²) >= 11 is 0. The summed E-state index contributed by atoms with van der Waals surface area (Å²) in [5, 5.41) is 14.4. The lowest BCUT2D eigenvalue weighted by atomic mass is 10.1. The van der Waals surface area contributed by atoms with E-state index in [0.29, 0.717) is 23.7 Å². The van der Waals surface area contributed by atoms with Gasteiger partial charge in [0.15, 0.2) is 0 Å². The number of para-hydroxylation sites is 2. The number of hydrogen-bond acceptors (Lipinski definition) is 4. The Morgan fingerprint density at radius 2 is 1.96 bits per heavy atom. The first-order valence-electron chi connectivity index (χ1n) is 7.81. The Balaban J connectivity index is 2.28. The van der Waals surface area contributed by atoms with Crippen LogP contribution in [0.1, 0.15) is 34.1 Å². The van der Waals surface area contributed by atoms with Crippen LogP contribution in [0, 0.1) is 16.0 Å². The summed E-state index contributed by atoms with van der Waals surface area (Å²) in [6.07, 6.45) is 0.559. The lowest BCUT2D eigenvalue weighted by Gasteiger charge is -2.28. The van der Waals surface area contributed by atoms with E-state index in [1.165, 1.54) is 6.07 Å². The number of nitrogens with zero attached hydrogens (tertiary/aromatic N) is 2. The molecule has 1 aliphatic heterocycles. The molecule has 1 atom stereocenters. The topological polar surface area (TPSA) is 75.5 Å². The fraction of sp³-hybridized carbons (Fsp3) is 0.471. The zero-order chi connectivity index (χ0) is 17.1. The Labute approximate surface area is 136 Å². The van der Waals surface area contributed by atoms with E-state index in [2.05, 4.69) is 19.2 Å². The fourth-order valence-corrected chi connectivity index (χ4v) is 2.66. The Bertz CT molecular complexity index is 652. The van der Waals surface area contributed by atoms with Crippen molar-refractivity contribution in [2.45, 2.75) is 40.3 Å². The average Bonchev–Trinajstić information content (AvgIpc) is 2.70. The van der Waals surface area contributed by atoms with E-state index < -0.39 is 4.92 Å². The second-order valence-electron chi connectivity index (χ2n) is 6.31. The van der Waals surface area contributed by atoms with Crippen molar-refractivity contribution >= 4 is 17.3 Å². The van der Waals surface area contributed by atoms with Crippen molar-refractivity contribution in [3.8, 4) is 0 Å². The lowest BCUT2D eigenvalue weighted by molar-refractivity contribution is -0.384. The number of carbonyl (C=O) groups is 1. The zero-order valence-electron chi connectivity index (χ0n) is 14.0. The molecule has 6 heteroatoms. The minimum atomic E-state index is -0.413. The van der Waals surface area contributed by atoms with Gasteiger partial charge >= 0.3 is 0 Å². The molecule has 0 saturated heterocycles. The third-order valence-corrected chi connectivity index (χ3v) is 4.24. The van der Waals surface area contributed by atoms with Gasteiger partial charge in [-0.05, 0) is 37.8 Å². The standard InChI is InChI=1S/C17H23N3O3/c1-11(2)9-10-19-16(12(3)13(4)17(19)21)18-14-7-5-6-8-15(14)20(22)23/h5-8,11,16,18H,9-10H2,1-4H3. The van der Waals surface area contributed by atoms with Crippen molar-refractivity contribution in [3.05, 3.63) is 45.5 Å². The SMILES string of the molecule is CC1=C(C)C(Nc2ccccc2[N+](=O)[O-])N(CCC(C)C)C1=O. The van der Waals surface area contributed by atoms with E-state index >= 15 is 0 Å². The molecule has 1 heterocycles. The number of amides is 1. The van der Waals surface area contributed by atoms with Crippen LogP contribution in [0.3, 0.4) is 0 Å². The van der Waals surface area contributed by atoms with Crippen LogP contribution in [0.25, 0.3) is 0 Å². The number of carbonyl (C=O) groups excluding carboxylic acids is 1. The van der Waals surface area contributed by atoms with Gasteiger partial charge in [-0.1, -0.05) is 26.0 Å². The van der Waals surface area contributed by atoms with Gasteiger partial charge in [-0.15, -0.1) is 0 Å². The fourth-order valence-electron chi connectivity index (χ4n) is 2.66. The normalized spacial score (nSPS) is 18.0. The molecule has 0 spiro atoms. The molecule has 0 radical (unpaired) electrons. The van der Waals surface area contributed by atoms with Gasteiger partial charge in [0.25, 0.3) is 11.6 Å². The maximum Gasteiger partial charge on any atom is 0.292 e. The van der Waals surface area contributed by atoms with E-state index in [1.54, 1.807) is 30.0 Å². The van der Waals surface area contributed by atoms with E-state index in [4.69, 9.17) is 0 Å². The lowest BCUT2D eigenvalue weighted by Crippen LogP contribution is -2.41. The molecule has 0 aromatic heterocycles. The van der Waals surface area contributed by atoms with Gasteiger partial charge in [0.2, 0.25) is 0 Å². The van der Waals surface area contributed by atoms with E-state index in [9.17, 15) is 14.9 Å². The summed E-state index contributed by atoms with van der Waals surface area (Å²) in [6.45, 7) is 8.55. The Morgan fingerprint density at radius 1 is 1.30 bits per heavy atom. The molecule has 1 unspecified atom stereocenters. The molecule has 1 aromatic rings. The van der Waals surface area contributed by atoms with Crippen molar-refractivity contribution in [1.82, 2.24) is 4.90 Å². The summed E-state index contributed by atoms with van der Waals surface area (Å²) in [4.78, 5) is 25.0. The molecular weight excluding hydrogens is 294 g/mol. The van der Waals surface area contributed by atoms with E-state index in [1.807, 2.05) is 6.92 Å². The molecule has 1 aliphatic rings. The van der Waals surface area contributed by atoms with Gasteiger partial charge in [-0.25, -0.2) is 0 Å². The monoisotopic (exact) mass is 317 g/mol. The van der Waals surface area contributed by atoms with Crippen LogP contribution in [0.2, 0.25) is 0 Å². The van der Waals surface area contributed by atoms with E-state index in [-0.39, 0.29) is 17.8 Å². The van der Waals surface area contributed by atoms with Gasteiger partial charge in [0, 0.05) is 18.2 Å². The second-order valence-corrected chi connectivity index (χ2v) is 6.31. The molecule has 1 aromatic carbocycles. The molecule has 0 saturated carbocycles. The summed E-state index contributed by atoms with van der Waals surface area (Å²) < 4.78 is 0. The predicted molar refractivity (Wildman–Crippen MR) is 90.0 cm³/mol. The first-order chi connectivity index (χ1) is 10.8. The molecule has 0 fully saturated rings. The summed E-state index contributed by atoms with van der Waals surface area (Å²) in [6, 6.07) is 6.51. The maximum absolute atomic E-state index is 12.4. The summed E-state index contributed by atoms with van der Waals surface area (Å²) in [5.41, 5.74) is 2.07. The van der Waals surface area contributed by atoms with Crippen LogP contribution < -0.4 is 5.32 Å². The molecule has 1 amide bonds. The van der Waals surface area contributed by atoms with Crippen LogP contribution in [-0.2, 0) is 4.79 Å². The Kier molecular flexibility index (Phi) is 5.03. The van der Waals surface area contributed by atoms with Crippen LogP contribution >= 0.6 is 0 Å². The molecule has 0 aliphatic carbocycles. The second kappa shape index (κ2) is 6.81. The minimum Gasteiger partial charge on any atom is -0.356 e. The average molecular weight is 317 g/mol. The largest absolute Gasteiger partial charge is 0.356 e.